The van der Waals surface area contributed by atoms with E-state index < -0.39 is 0 Å². The zero-order valence-electron chi connectivity index (χ0n) is 10.9. The molecule has 0 fully saturated rings. The van der Waals surface area contributed by atoms with Crippen LogP contribution in [-0.4, -0.2) is 28.7 Å². The molecule has 0 radical (unpaired) electrons. The first-order valence-corrected chi connectivity index (χ1v) is 5.96. The van der Waals surface area contributed by atoms with E-state index in [1.165, 1.54) is 11.2 Å². The van der Waals surface area contributed by atoms with E-state index in [-0.39, 0.29) is 0 Å². The average Bonchev–Trinajstić information content (AvgIpc) is 2.53. The van der Waals surface area contributed by atoms with Crippen molar-refractivity contribution in [3.63, 3.8) is 0 Å². The first kappa shape index (κ1) is 12.0. The van der Waals surface area contributed by atoms with Crippen molar-refractivity contribution in [3.8, 4) is 5.75 Å². The number of nitrogens with zero attached hydrogens (tertiary/aromatic N) is 2. The Morgan fingerprint density at radius 3 is 2.53 bits per heavy atom. The van der Waals surface area contributed by atoms with Crippen molar-refractivity contribution in [2.24, 2.45) is 0 Å². The predicted molar refractivity (Wildman–Crippen MR) is 71.4 cm³/mol. The van der Waals surface area contributed by atoms with E-state index in [9.17, 15) is 5.11 Å². The predicted octanol–water partition coefficient (Wildman–Crippen LogP) is 2.99. The zero-order chi connectivity index (χ0) is 12.6. The molecule has 0 aliphatic heterocycles. The molecule has 0 saturated carbocycles. The van der Waals surface area contributed by atoms with Crippen LogP contribution in [0, 0.1) is 0 Å². The van der Waals surface area contributed by atoms with Gasteiger partial charge in [-0.2, -0.15) is 0 Å². The van der Waals surface area contributed by atoms with Crippen molar-refractivity contribution in [1.29, 1.82) is 0 Å². The van der Waals surface area contributed by atoms with E-state index in [0.717, 1.165) is 11.9 Å². The average molecular weight is 232 g/mol. The normalized spacial score (nSPS) is 11.9. The topological polar surface area (TPSA) is 28.4 Å². The summed E-state index contributed by atoms with van der Waals surface area (Å²) in [6, 6.07) is 8.15. The van der Waals surface area contributed by atoms with Gasteiger partial charge in [-0.1, -0.05) is 0 Å². The number of aromatic nitrogens is 1. The summed E-state index contributed by atoms with van der Waals surface area (Å²) in [6.45, 7) is 5.28. The van der Waals surface area contributed by atoms with Crippen LogP contribution in [0.25, 0.3) is 10.9 Å². The van der Waals surface area contributed by atoms with E-state index in [1.807, 2.05) is 12.1 Å². The SMILES string of the molecule is CC(C)n1c(CN(C)C)cc2cc(O)ccc21. The Morgan fingerprint density at radius 2 is 1.94 bits per heavy atom. The van der Waals surface area contributed by atoms with Crippen molar-refractivity contribution in [2.45, 2.75) is 26.4 Å². The number of fused-ring (bicyclic) bond motifs is 1. The van der Waals surface area contributed by atoms with Crippen molar-refractivity contribution in [2.75, 3.05) is 14.1 Å². The molecule has 1 aromatic heterocycles. The first-order valence-electron chi connectivity index (χ1n) is 5.96. The third-order valence-corrected chi connectivity index (χ3v) is 2.90. The van der Waals surface area contributed by atoms with E-state index >= 15 is 0 Å². The van der Waals surface area contributed by atoms with Crippen LogP contribution in [-0.2, 0) is 6.54 Å². The van der Waals surface area contributed by atoms with Crippen LogP contribution < -0.4 is 0 Å². The summed E-state index contributed by atoms with van der Waals surface area (Å²) >= 11 is 0. The van der Waals surface area contributed by atoms with Gasteiger partial charge >= 0.3 is 0 Å². The molecule has 2 aromatic rings. The lowest BCUT2D eigenvalue weighted by Crippen LogP contribution is -2.15. The molecule has 3 heteroatoms. The van der Waals surface area contributed by atoms with E-state index in [1.54, 1.807) is 6.07 Å². The van der Waals surface area contributed by atoms with Crippen LogP contribution in [0.2, 0.25) is 0 Å². The molecule has 0 aliphatic rings. The molecule has 2 rings (SSSR count). The summed E-state index contributed by atoms with van der Waals surface area (Å²) < 4.78 is 2.33. The van der Waals surface area contributed by atoms with Crippen LogP contribution >= 0.6 is 0 Å². The van der Waals surface area contributed by atoms with Gasteiger partial charge in [-0.05, 0) is 52.2 Å². The van der Waals surface area contributed by atoms with E-state index in [0.29, 0.717) is 11.8 Å². The van der Waals surface area contributed by atoms with Gasteiger partial charge < -0.3 is 14.6 Å². The molecular formula is C14H20N2O. The highest BCUT2D eigenvalue weighted by atomic mass is 16.3. The number of phenolic OH excluding ortho intramolecular Hbond substituents is 1. The smallest absolute Gasteiger partial charge is 0.116 e. The second-order valence-corrected chi connectivity index (χ2v) is 5.08. The minimum atomic E-state index is 0.329. The number of rotatable bonds is 3. The number of hydrogen-bond acceptors (Lipinski definition) is 2. The zero-order valence-corrected chi connectivity index (χ0v) is 10.9. The molecule has 0 unspecified atom stereocenters. The van der Waals surface area contributed by atoms with Crippen molar-refractivity contribution < 1.29 is 5.11 Å². The van der Waals surface area contributed by atoms with Gasteiger partial charge in [0.05, 0.1) is 0 Å². The molecular weight excluding hydrogens is 212 g/mol. The van der Waals surface area contributed by atoms with Gasteiger partial charge in [0.2, 0.25) is 0 Å². The fraction of sp³-hybridized carbons (Fsp3) is 0.429. The third-order valence-electron chi connectivity index (χ3n) is 2.90. The van der Waals surface area contributed by atoms with Gasteiger partial charge in [-0.15, -0.1) is 0 Å². The van der Waals surface area contributed by atoms with Gasteiger partial charge in [-0.25, -0.2) is 0 Å². The van der Waals surface area contributed by atoms with E-state index in [2.05, 4.69) is 43.5 Å². The highest BCUT2D eigenvalue weighted by Crippen LogP contribution is 2.27. The largest absolute Gasteiger partial charge is 0.508 e. The van der Waals surface area contributed by atoms with Gasteiger partial charge in [0, 0.05) is 29.2 Å². The number of phenols is 1. The highest BCUT2D eigenvalue weighted by molar-refractivity contribution is 5.83. The summed E-state index contributed by atoms with van der Waals surface area (Å²) in [6.07, 6.45) is 0. The van der Waals surface area contributed by atoms with Gasteiger partial charge in [0.25, 0.3) is 0 Å². The van der Waals surface area contributed by atoms with Gasteiger partial charge in [-0.3, -0.25) is 0 Å². The second-order valence-electron chi connectivity index (χ2n) is 5.08. The van der Waals surface area contributed by atoms with Crippen molar-refractivity contribution >= 4 is 10.9 Å². The van der Waals surface area contributed by atoms with Crippen molar-refractivity contribution in [1.82, 2.24) is 9.47 Å². The number of hydrogen-bond donors (Lipinski definition) is 1. The Balaban J connectivity index is 2.61. The molecule has 0 bridgehead atoms. The van der Waals surface area contributed by atoms with Crippen LogP contribution in [0.5, 0.6) is 5.75 Å². The molecule has 1 heterocycles. The third kappa shape index (κ3) is 2.29. The van der Waals surface area contributed by atoms with Crippen LogP contribution in [0.3, 0.4) is 0 Å². The number of benzene rings is 1. The molecule has 0 aliphatic carbocycles. The lowest BCUT2D eigenvalue weighted by atomic mass is 10.2. The molecule has 92 valence electrons. The summed E-state index contributed by atoms with van der Waals surface area (Å²) in [5, 5.41) is 10.6. The monoisotopic (exact) mass is 232 g/mol. The standard InChI is InChI=1S/C14H20N2O/c1-10(2)16-12(9-15(3)4)7-11-8-13(17)5-6-14(11)16/h5-8,10,17H,9H2,1-4H3. The Bertz CT molecular complexity index is 526. The second kappa shape index (κ2) is 4.41. The van der Waals surface area contributed by atoms with Crippen LogP contribution in [0.4, 0.5) is 0 Å². The Morgan fingerprint density at radius 1 is 1.24 bits per heavy atom. The summed E-state index contributed by atoms with van der Waals surface area (Å²) in [5.41, 5.74) is 2.47. The molecule has 0 atom stereocenters. The molecule has 1 N–H and O–H groups in total. The molecule has 0 amide bonds. The van der Waals surface area contributed by atoms with Gasteiger partial charge in [0.1, 0.15) is 5.75 Å². The Kier molecular flexibility index (Phi) is 3.11. The summed E-state index contributed by atoms with van der Waals surface area (Å²) in [4.78, 5) is 2.16. The highest BCUT2D eigenvalue weighted by Gasteiger charge is 2.12. The Hall–Kier alpha value is -1.48. The molecule has 17 heavy (non-hydrogen) atoms. The fourth-order valence-corrected chi connectivity index (χ4v) is 2.34. The van der Waals surface area contributed by atoms with Crippen molar-refractivity contribution in [3.05, 3.63) is 30.0 Å². The molecule has 0 spiro atoms. The molecule has 1 aromatic carbocycles. The minimum Gasteiger partial charge on any atom is -0.508 e. The lowest BCUT2D eigenvalue weighted by molar-refractivity contribution is 0.383. The lowest BCUT2D eigenvalue weighted by Gasteiger charge is -2.17. The quantitative estimate of drug-likeness (QED) is 0.881. The fourth-order valence-electron chi connectivity index (χ4n) is 2.34. The van der Waals surface area contributed by atoms with Crippen LogP contribution in [0.15, 0.2) is 24.3 Å². The summed E-state index contributed by atoms with van der Waals surface area (Å²) in [5.74, 6) is 0.329. The maximum atomic E-state index is 9.53. The maximum Gasteiger partial charge on any atom is 0.116 e. The first-order chi connectivity index (χ1) is 7.99. The van der Waals surface area contributed by atoms with E-state index in [4.69, 9.17) is 0 Å². The summed E-state index contributed by atoms with van der Waals surface area (Å²) in [7, 11) is 4.14. The van der Waals surface area contributed by atoms with Crippen LogP contribution in [0.1, 0.15) is 25.6 Å². The molecule has 0 saturated heterocycles. The van der Waals surface area contributed by atoms with Gasteiger partial charge in [0.15, 0.2) is 0 Å². The minimum absolute atomic E-state index is 0.329. The maximum absolute atomic E-state index is 9.53. The number of aromatic hydroxyl groups is 1. The molecule has 3 nitrogen and oxygen atoms in total. The Labute approximate surface area is 102 Å².